The highest BCUT2D eigenvalue weighted by Crippen LogP contribution is 2.48. The van der Waals surface area contributed by atoms with Gasteiger partial charge in [-0.2, -0.15) is 0 Å². The summed E-state index contributed by atoms with van der Waals surface area (Å²) >= 11 is 13.3. The lowest BCUT2D eigenvalue weighted by Gasteiger charge is -2.23. The summed E-state index contributed by atoms with van der Waals surface area (Å²) in [6.07, 6.45) is 0.758. The molecule has 0 aliphatic carbocycles. The highest BCUT2D eigenvalue weighted by atomic mass is 35.5. The maximum Gasteiger partial charge on any atom is 0.304 e. The molecule has 1 aliphatic heterocycles. The fourth-order valence-electron chi connectivity index (χ4n) is 3.32. The van der Waals surface area contributed by atoms with Crippen LogP contribution in [0.4, 0.5) is 5.69 Å². The highest BCUT2D eigenvalue weighted by Gasteiger charge is 2.32. The first-order valence-corrected chi connectivity index (χ1v) is 10.3. The van der Waals surface area contributed by atoms with Crippen molar-refractivity contribution < 1.29 is 14.6 Å². The predicted octanol–water partition coefficient (Wildman–Crippen LogP) is 5.33. The van der Waals surface area contributed by atoms with E-state index in [2.05, 4.69) is 18.3 Å². The van der Waals surface area contributed by atoms with Crippen molar-refractivity contribution in [2.75, 3.05) is 12.4 Å². The number of benzene rings is 2. The zero-order valence-electron chi connectivity index (χ0n) is 15.0. The second-order valence-corrected chi connectivity index (χ2v) is 8.39. The Morgan fingerprint density at radius 3 is 2.78 bits per heavy atom. The maximum absolute atomic E-state index is 11.4. The molecule has 0 saturated heterocycles. The number of hydrogen-bond acceptors (Lipinski definition) is 4. The number of carboxylic acid groups (broad SMARTS) is 1. The summed E-state index contributed by atoms with van der Waals surface area (Å²) in [5.74, 6) is -0.0468. The molecule has 2 atom stereocenters. The van der Waals surface area contributed by atoms with Crippen LogP contribution < -0.4 is 10.1 Å². The summed E-state index contributed by atoms with van der Waals surface area (Å²) in [6, 6.07) is 11.6. The van der Waals surface area contributed by atoms with Gasteiger partial charge in [0.15, 0.2) is 0 Å². The minimum Gasteiger partial charge on any atom is -0.496 e. The smallest absolute Gasteiger partial charge is 0.304 e. The van der Waals surface area contributed by atoms with Crippen LogP contribution in [0.2, 0.25) is 5.02 Å². The van der Waals surface area contributed by atoms with Crippen LogP contribution in [-0.4, -0.2) is 28.4 Å². The molecule has 0 bridgehead atoms. The standard InChI is InChI=1S/C20H20ClNO3S2/c1-3-12-13(5-4-6-16(12)25-2)19-14-9-11(21)7-8-15(14)22-20(26)17(27-19)10-18(23)24/h4-9,17,19H,3,10H2,1-2H3,(H,22,26)(H,23,24). The van der Waals surface area contributed by atoms with E-state index in [-0.39, 0.29) is 16.9 Å². The van der Waals surface area contributed by atoms with Gasteiger partial charge in [0.2, 0.25) is 0 Å². The molecule has 0 amide bonds. The van der Waals surface area contributed by atoms with Gasteiger partial charge in [-0.05, 0) is 47.4 Å². The normalized spacial score (nSPS) is 19.0. The molecular weight excluding hydrogens is 402 g/mol. The number of thioether (sulfide) groups is 1. The number of aliphatic carboxylic acids is 1. The zero-order chi connectivity index (χ0) is 19.6. The van der Waals surface area contributed by atoms with Gasteiger partial charge in [-0.25, -0.2) is 0 Å². The molecule has 0 aromatic heterocycles. The van der Waals surface area contributed by atoms with Crippen molar-refractivity contribution in [2.24, 2.45) is 0 Å². The van der Waals surface area contributed by atoms with Crippen molar-refractivity contribution in [1.29, 1.82) is 0 Å². The topological polar surface area (TPSA) is 58.6 Å². The molecule has 1 heterocycles. The second-order valence-electron chi connectivity index (χ2n) is 6.21. The van der Waals surface area contributed by atoms with Gasteiger partial charge >= 0.3 is 5.97 Å². The van der Waals surface area contributed by atoms with E-state index >= 15 is 0 Å². The summed E-state index contributed by atoms with van der Waals surface area (Å²) in [5, 5.41) is 12.7. The number of hydrogen-bond donors (Lipinski definition) is 2. The molecule has 1 aliphatic rings. The van der Waals surface area contributed by atoms with Crippen LogP contribution in [0.25, 0.3) is 0 Å². The van der Waals surface area contributed by atoms with Crippen molar-refractivity contribution in [3.8, 4) is 5.75 Å². The highest BCUT2D eigenvalue weighted by molar-refractivity contribution is 8.02. The van der Waals surface area contributed by atoms with Gasteiger partial charge in [0, 0.05) is 10.7 Å². The van der Waals surface area contributed by atoms with Crippen LogP contribution in [0.5, 0.6) is 5.75 Å². The van der Waals surface area contributed by atoms with Crippen LogP contribution in [0.3, 0.4) is 0 Å². The Balaban J connectivity index is 2.18. The summed E-state index contributed by atoms with van der Waals surface area (Å²) < 4.78 is 5.55. The molecule has 0 fully saturated rings. The molecule has 0 spiro atoms. The number of fused-ring (bicyclic) bond motifs is 1. The van der Waals surface area contributed by atoms with Crippen molar-refractivity contribution in [1.82, 2.24) is 0 Å². The summed E-state index contributed by atoms with van der Waals surface area (Å²) in [6.45, 7) is 2.08. The van der Waals surface area contributed by atoms with Crippen LogP contribution >= 0.6 is 35.6 Å². The number of anilines is 1. The quantitative estimate of drug-likeness (QED) is 0.636. The SMILES string of the molecule is CCc1c(OC)cccc1C1SC(CC(=O)O)C(=S)Nc2ccc(Cl)cc21. The number of rotatable bonds is 5. The zero-order valence-corrected chi connectivity index (χ0v) is 17.4. The van der Waals surface area contributed by atoms with Crippen LogP contribution in [0.15, 0.2) is 36.4 Å². The van der Waals surface area contributed by atoms with Gasteiger partial charge < -0.3 is 15.2 Å². The Labute approximate surface area is 173 Å². The van der Waals surface area contributed by atoms with Gasteiger partial charge in [-0.15, -0.1) is 11.8 Å². The molecule has 2 aromatic rings. The van der Waals surface area contributed by atoms with Gasteiger partial charge in [-0.3, -0.25) is 4.79 Å². The summed E-state index contributed by atoms with van der Waals surface area (Å²) in [7, 11) is 1.66. The van der Waals surface area contributed by atoms with E-state index in [1.807, 2.05) is 30.3 Å². The van der Waals surface area contributed by atoms with Gasteiger partial charge in [0.1, 0.15) is 5.75 Å². The van der Waals surface area contributed by atoms with Crippen LogP contribution in [-0.2, 0) is 11.2 Å². The van der Waals surface area contributed by atoms with Crippen molar-refractivity contribution in [2.45, 2.75) is 30.3 Å². The number of ether oxygens (including phenoxy) is 1. The number of methoxy groups -OCH3 is 1. The lowest BCUT2D eigenvalue weighted by Crippen LogP contribution is -2.24. The monoisotopic (exact) mass is 421 g/mol. The summed E-state index contributed by atoms with van der Waals surface area (Å²) in [5.41, 5.74) is 4.04. The first-order chi connectivity index (χ1) is 12.9. The third kappa shape index (κ3) is 4.23. The number of carboxylic acids is 1. The van der Waals surface area contributed by atoms with E-state index in [9.17, 15) is 9.90 Å². The number of carbonyl (C=O) groups is 1. The molecule has 142 valence electrons. The third-order valence-corrected chi connectivity index (χ3v) is 6.81. The first kappa shape index (κ1) is 20.0. The van der Waals surface area contributed by atoms with Gasteiger partial charge in [0.25, 0.3) is 0 Å². The molecule has 27 heavy (non-hydrogen) atoms. The molecule has 3 rings (SSSR count). The van der Waals surface area contributed by atoms with Gasteiger partial charge in [-0.1, -0.05) is 42.9 Å². The van der Waals surface area contributed by atoms with E-state index in [0.717, 1.165) is 34.5 Å². The Bertz CT molecular complexity index is 888. The Morgan fingerprint density at radius 1 is 1.33 bits per heavy atom. The van der Waals surface area contributed by atoms with Crippen molar-refractivity contribution in [3.05, 3.63) is 58.1 Å². The third-order valence-electron chi connectivity index (χ3n) is 4.53. The van der Waals surface area contributed by atoms with E-state index in [1.54, 1.807) is 18.9 Å². The lowest BCUT2D eigenvalue weighted by molar-refractivity contribution is -0.136. The maximum atomic E-state index is 11.4. The Hall–Kier alpha value is -1.76. The fourth-order valence-corrected chi connectivity index (χ4v) is 5.31. The predicted molar refractivity (Wildman–Crippen MR) is 116 cm³/mol. The molecule has 2 N–H and O–H groups in total. The Kier molecular flexibility index (Phi) is 6.29. The van der Waals surface area contributed by atoms with Crippen molar-refractivity contribution >= 4 is 52.2 Å². The minimum absolute atomic E-state index is 0.0415. The number of halogens is 1. The molecule has 0 radical (unpaired) electrons. The van der Waals surface area contributed by atoms with E-state index in [0.29, 0.717) is 10.0 Å². The molecular formula is C20H20ClNO3S2. The molecule has 4 nitrogen and oxygen atoms in total. The molecule has 2 aromatic carbocycles. The molecule has 7 heteroatoms. The summed E-state index contributed by atoms with van der Waals surface area (Å²) in [4.78, 5) is 11.9. The lowest BCUT2D eigenvalue weighted by atomic mass is 9.96. The largest absolute Gasteiger partial charge is 0.496 e. The van der Waals surface area contributed by atoms with Crippen LogP contribution in [0, 0.1) is 0 Å². The van der Waals surface area contributed by atoms with Crippen molar-refractivity contribution in [3.63, 3.8) is 0 Å². The number of nitrogens with one attached hydrogen (secondary N) is 1. The Morgan fingerprint density at radius 2 is 2.11 bits per heavy atom. The van der Waals surface area contributed by atoms with Crippen LogP contribution in [0.1, 0.15) is 35.3 Å². The minimum atomic E-state index is -0.874. The van der Waals surface area contributed by atoms with E-state index in [1.165, 1.54) is 0 Å². The average molecular weight is 422 g/mol. The van der Waals surface area contributed by atoms with Gasteiger partial charge in [0.05, 0.1) is 29.0 Å². The fraction of sp³-hybridized carbons (Fsp3) is 0.300. The van der Waals surface area contributed by atoms with E-state index in [4.69, 9.17) is 28.6 Å². The molecule has 2 unspecified atom stereocenters. The average Bonchev–Trinajstić information content (AvgIpc) is 2.77. The number of thiocarbonyl (C=S) groups is 1. The second kappa shape index (κ2) is 8.50. The first-order valence-electron chi connectivity index (χ1n) is 8.58. The van der Waals surface area contributed by atoms with E-state index < -0.39 is 5.97 Å². The molecule has 0 saturated carbocycles.